The zero-order valence-corrected chi connectivity index (χ0v) is 14.5. The second kappa shape index (κ2) is 8.25. The summed E-state index contributed by atoms with van der Waals surface area (Å²) >= 11 is 0. The Bertz CT molecular complexity index is 637. The highest BCUT2D eigenvalue weighted by molar-refractivity contribution is 5.76. The minimum atomic E-state index is -0.521. The van der Waals surface area contributed by atoms with Crippen LogP contribution in [0.3, 0.4) is 0 Å². The van der Waals surface area contributed by atoms with Crippen LogP contribution < -0.4 is 0 Å². The Hall–Kier alpha value is -2.21. The van der Waals surface area contributed by atoms with Gasteiger partial charge in [0.1, 0.15) is 6.04 Å². The van der Waals surface area contributed by atoms with E-state index in [4.69, 9.17) is 14.3 Å². The number of hydrogen-bond acceptors (Lipinski definition) is 5. The molecule has 5 nitrogen and oxygen atoms in total. The number of methoxy groups -OCH3 is 1. The predicted molar refractivity (Wildman–Crippen MR) is 93.5 cm³/mol. The molecule has 0 N–H and O–H groups in total. The molecule has 5 heteroatoms. The van der Waals surface area contributed by atoms with Gasteiger partial charge < -0.3 is 9.47 Å². The van der Waals surface area contributed by atoms with E-state index in [0.717, 1.165) is 11.1 Å². The van der Waals surface area contributed by atoms with Crippen molar-refractivity contribution in [3.05, 3.63) is 71.8 Å². The zero-order valence-electron chi connectivity index (χ0n) is 14.5. The molecule has 0 amide bonds. The number of hydrogen-bond donors (Lipinski definition) is 0. The molecule has 132 valence electrons. The van der Waals surface area contributed by atoms with Crippen LogP contribution >= 0.6 is 0 Å². The van der Waals surface area contributed by atoms with Crippen LogP contribution in [-0.4, -0.2) is 37.1 Å². The van der Waals surface area contributed by atoms with E-state index in [-0.39, 0.29) is 12.0 Å². The summed E-state index contributed by atoms with van der Waals surface area (Å²) in [6.45, 7) is 2.43. The van der Waals surface area contributed by atoms with Gasteiger partial charge in [0.05, 0.1) is 13.2 Å². The molecule has 0 aromatic heterocycles. The van der Waals surface area contributed by atoms with Crippen LogP contribution in [0.25, 0.3) is 0 Å². The summed E-state index contributed by atoms with van der Waals surface area (Å²) in [7, 11) is 1.40. The first kappa shape index (κ1) is 17.6. The van der Waals surface area contributed by atoms with E-state index in [1.807, 2.05) is 67.6 Å². The van der Waals surface area contributed by atoms with Crippen molar-refractivity contribution in [3.63, 3.8) is 0 Å². The van der Waals surface area contributed by atoms with Crippen LogP contribution in [0, 0.1) is 0 Å². The molecule has 25 heavy (non-hydrogen) atoms. The average molecular weight is 341 g/mol. The van der Waals surface area contributed by atoms with Crippen molar-refractivity contribution < 1.29 is 19.1 Å². The number of ether oxygens (including phenoxy) is 2. The second-order valence-electron chi connectivity index (χ2n) is 5.85. The molecule has 2 atom stereocenters. The molecule has 3 rings (SSSR count). The minimum absolute atomic E-state index is 0.225. The van der Waals surface area contributed by atoms with Gasteiger partial charge in [-0.25, -0.2) is 0 Å². The van der Waals surface area contributed by atoms with Gasteiger partial charge in [-0.05, 0) is 18.1 Å². The largest absolute Gasteiger partial charge is 0.468 e. The van der Waals surface area contributed by atoms with E-state index in [1.165, 1.54) is 7.11 Å². The molecule has 1 saturated heterocycles. The molecule has 1 heterocycles. The molecule has 2 aromatic rings. The summed E-state index contributed by atoms with van der Waals surface area (Å²) in [6, 6.07) is 19.2. The topological polar surface area (TPSA) is 48.0 Å². The summed E-state index contributed by atoms with van der Waals surface area (Å²) in [4.78, 5) is 18.4. The van der Waals surface area contributed by atoms with Crippen LogP contribution in [0.5, 0.6) is 0 Å². The van der Waals surface area contributed by atoms with Crippen LogP contribution in [0.1, 0.15) is 30.5 Å². The zero-order chi connectivity index (χ0) is 17.6. The summed E-state index contributed by atoms with van der Waals surface area (Å²) in [6.07, 6.45) is -0.0135. The molecular weight excluding hydrogens is 318 g/mol. The highest BCUT2D eigenvalue weighted by Crippen LogP contribution is 2.36. The molecule has 2 aromatic carbocycles. The first-order chi connectivity index (χ1) is 12.2. The fraction of sp³-hybridized carbons (Fsp3) is 0.350. The van der Waals surface area contributed by atoms with Gasteiger partial charge >= 0.3 is 5.97 Å². The Morgan fingerprint density at radius 3 is 2.16 bits per heavy atom. The molecule has 1 aliphatic rings. The van der Waals surface area contributed by atoms with Crippen LogP contribution in [0.2, 0.25) is 0 Å². The number of hydroxylamine groups is 2. The molecule has 1 fully saturated rings. The van der Waals surface area contributed by atoms with Crippen molar-refractivity contribution in [2.24, 2.45) is 0 Å². The lowest BCUT2D eigenvalue weighted by molar-refractivity contribution is -0.251. The highest BCUT2D eigenvalue weighted by atomic mass is 16.8. The van der Waals surface area contributed by atoms with Gasteiger partial charge in [0.2, 0.25) is 0 Å². The van der Waals surface area contributed by atoms with Gasteiger partial charge in [-0.15, -0.1) is 0 Å². The van der Waals surface area contributed by atoms with Crippen molar-refractivity contribution in [1.82, 2.24) is 5.06 Å². The van der Waals surface area contributed by atoms with Gasteiger partial charge in [-0.1, -0.05) is 60.7 Å². The Labute approximate surface area is 148 Å². The van der Waals surface area contributed by atoms with E-state index in [2.05, 4.69) is 0 Å². The fourth-order valence-corrected chi connectivity index (χ4v) is 3.16. The van der Waals surface area contributed by atoms with E-state index in [1.54, 1.807) is 5.06 Å². The van der Waals surface area contributed by atoms with E-state index >= 15 is 0 Å². The van der Waals surface area contributed by atoms with Gasteiger partial charge in [0.25, 0.3) is 0 Å². The maximum Gasteiger partial charge on any atom is 0.325 e. The van der Waals surface area contributed by atoms with E-state index in [9.17, 15) is 4.79 Å². The lowest BCUT2D eigenvalue weighted by Crippen LogP contribution is -2.39. The summed E-state index contributed by atoms with van der Waals surface area (Å²) in [5, 5.41) is 1.72. The third-order valence-corrected chi connectivity index (χ3v) is 4.27. The predicted octanol–water partition coefficient (Wildman–Crippen LogP) is 3.32. The third kappa shape index (κ3) is 3.90. The lowest BCUT2D eigenvalue weighted by Gasteiger charge is -2.30. The number of benzene rings is 2. The number of nitrogens with zero attached hydrogens (tertiary/aromatic N) is 1. The summed E-state index contributed by atoms with van der Waals surface area (Å²) < 4.78 is 10.6. The number of rotatable bonds is 6. The second-order valence-corrected chi connectivity index (χ2v) is 5.85. The van der Waals surface area contributed by atoms with E-state index < -0.39 is 12.3 Å². The van der Waals surface area contributed by atoms with Crippen molar-refractivity contribution in [2.75, 3.05) is 13.7 Å². The maximum atomic E-state index is 12.3. The van der Waals surface area contributed by atoms with Crippen molar-refractivity contribution in [1.29, 1.82) is 0 Å². The first-order valence-corrected chi connectivity index (χ1v) is 8.49. The smallest absolute Gasteiger partial charge is 0.325 e. The highest BCUT2D eigenvalue weighted by Gasteiger charge is 2.44. The van der Waals surface area contributed by atoms with Gasteiger partial charge in [0.15, 0.2) is 6.29 Å². The van der Waals surface area contributed by atoms with Crippen LogP contribution in [0.4, 0.5) is 0 Å². The first-order valence-electron chi connectivity index (χ1n) is 8.49. The molecule has 0 saturated carbocycles. The maximum absolute atomic E-state index is 12.3. The Balaban J connectivity index is 2.00. The molecule has 0 bridgehead atoms. The molecule has 0 unspecified atom stereocenters. The monoisotopic (exact) mass is 341 g/mol. The number of carbonyl (C=O) groups is 1. The SMILES string of the molecule is CCO[C@H]1C[C@H](C(=O)OC)N(C(c2ccccc2)c2ccccc2)O1. The third-order valence-electron chi connectivity index (χ3n) is 4.27. The average Bonchev–Trinajstić information content (AvgIpc) is 3.07. The minimum Gasteiger partial charge on any atom is -0.468 e. The van der Waals surface area contributed by atoms with Crippen molar-refractivity contribution >= 4 is 5.97 Å². The number of carbonyl (C=O) groups excluding carboxylic acids is 1. The molecule has 0 aliphatic carbocycles. The Morgan fingerprint density at radius 2 is 1.68 bits per heavy atom. The van der Waals surface area contributed by atoms with Gasteiger partial charge in [0, 0.05) is 13.0 Å². The normalized spacial score (nSPS) is 20.8. The van der Waals surface area contributed by atoms with Gasteiger partial charge in [-0.3, -0.25) is 9.63 Å². The van der Waals surface area contributed by atoms with Crippen LogP contribution in [0.15, 0.2) is 60.7 Å². The summed E-state index contributed by atoms with van der Waals surface area (Å²) in [5.41, 5.74) is 2.08. The number of esters is 1. The molecular formula is C20H23NO4. The molecule has 0 spiro atoms. The quantitative estimate of drug-likeness (QED) is 0.755. The van der Waals surface area contributed by atoms with Crippen molar-refractivity contribution in [2.45, 2.75) is 31.7 Å². The Kier molecular flexibility index (Phi) is 5.81. The standard InChI is InChI=1S/C20H23NO4/c1-3-24-18-14-17(20(22)23-2)21(25-18)19(15-10-6-4-7-11-15)16-12-8-5-9-13-16/h4-13,17-19H,3,14H2,1-2H3/t17-,18-/m1/s1. The van der Waals surface area contributed by atoms with Gasteiger partial charge in [-0.2, -0.15) is 5.06 Å². The lowest BCUT2D eigenvalue weighted by atomic mass is 9.97. The molecule has 0 radical (unpaired) electrons. The Morgan fingerprint density at radius 1 is 1.12 bits per heavy atom. The summed E-state index contributed by atoms with van der Waals surface area (Å²) in [5.74, 6) is -0.320. The van der Waals surface area contributed by atoms with E-state index in [0.29, 0.717) is 13.0 Å². The van der Waals surface area contributed by atoms with Crippen LogP contribution in [-0.2, 0) is 19.1 Å². The molecule has 1 aliphatic heterocycles. The van der Waals surface area contributed by atoms with Crippen molar-refractivity contribution in [3.8, 4) is 0 Å². The fourth-order valence-electron chi connectivity index (χ4n) is 3.16.